The molecule has 1 heterocycles. The van der Waals surface area contributed by atoms with Gasteiger partial charge in [-0.15, -0.1) is 0 Å². The molecule has 0 atom stereocenters. The minimum absolute atomic E-state index is 0.242. The molecule has 0 bridgehead atoms. The molecule has 2 aromatic rings. The number of aldehydes is 1. The van der Waals surface area contributed by atoms with E-state index in [0.29, 0.717) is 11.8 Å². The summed E-state index contributed by atoms with van der Waals surface area (Å²) in [6.45, 7) is 0. The smallest absolute Gasteiger partial charge is 0.153 e. The fraction of sp³-hybridized carbons (Fsp3) is 0.0769. The average molecular weight is 228 g/mol. The molecule has 4 heteroatoms. The molecule has 2 rings (SSSR count). The Morgan fingerprint density at radius 3 is 2.82 bits per heavy atom. The summed E-state index contributed by atoms with van der Waals surface area (Å²) in [5, 5.41) is 0. The number of rotatable bonds is 3. The number of aromatic nitrogens is 1. The van der Waals surface area contributed by atoms with Crippen molar-refractivity contribution in [3.05, 3.63) is 42.1 Å². The van der Waals surface area contributed by atoms with Crippen LogP contribution in [0.4, 0.5) is 5.82 Å². The third kappa shape index (κ3) is 2.25. The van der Waals surface area contributed by atoms with Crippen LogP contribution in [0.25, 0.3) is 11.1 Å². The van der Waals surface area contributed by atoms with Gasteiger partial charge in [-0.2, -0.15) is 0 Å². The predicted molar refractivity (Wildman–Crippen MR) is 66.0 cm³/mol. The van der Waals surface area contributed by atoms with Gasteiger partial charge in [0.05, 0.1) is 12.7 Å². The van der Waals surface area contributed by atoms with Crippen molar-refractivity contribution in [1.29, 1.82) is 0 Å². The van der Waals surface area contributed by atoms with Gasteiger partial charge < -0.3 is 10.5 Å². The van der Waals surface area contributed by atoms with Crippen LogP contribution in [0.2, 0.25) is 0 Å². The molecule has 17 heavy (non-hydrogen) atoms. The van der Waals surface area contributed by atoms with Gasteiger partial charge in [0.1, 0.15) is 11.6 Å². The first-order valence-electron chi connectivity index (χ1n) is 5.09. The van der Waals surface area contributed by atoms with E-state index < -0.39 is 0 Å². The first-order chi connectivity index (χ1) is 8.24. The quantitative estimate of drug-likeness (QED) is 0.817. The van der Waals surface area contributed by atoms with Crippen LogP contribution in [-0.4, -0.2) is 18.4 Å². The Bertz CT molecular complexity index is 553. The normalized spacial score (nSPS) is 9.94. The highest BCUT2D eigenvalue weighted by Gasteiger charge is 2.04. The number of nitrogen functional groups attached to an aromatic ring is 1. The Hall–Kier alpha value is -2.36. The lowest BCUT2D eigenvalue weighted by molar-refractivity contribution is 0.112. The van der Waals surface area contributed by atoms with Crippen molar-refractivity contribution >= 4 is 12.1 Å². The molecule has 1 aromatic carbocycles. The van der Waals surface area contributed by atoms with Gasteiger partial charge in [0.2, 0.25) is 0 Å². The van der Waals surface area contributed by atoms with E-state index in [9.17, 15) is 4.79 Å². The third-order valence-electron chi connectivity index (χ3n) is 2.48. The first-order valence-corrected chi connectivity index (χ1v) is 5.09. The van der Waals surface area contributed by atoms with E-state index in [1.165, 1.54) is 0 Å². The molecule has 2 N–H and O–H groups in total. The Morgan fingerprint density at radius 1 is 1.29 bits per heavy atom. The molecule has 0 unspecified atom stereocenters. The van der Waals surface area contributed by atoms with E-state index in [4.69, 9.17) is 10.5 Å². The van der Waals surface area contributed by atoms with Crippen LogP contribution in [0.15, 0.2) is 36.5 Å². The number of nitrogens with two attached hydrogens (primary N) is 1. The van der Waals surface area contributed by atoms with Crippen LogP contribution in [-0.2, 0) is 0 Å². The minimum Gasteiger partial charge on any atom is -0.497 e. The van der Waals surface area contributed by atoms with Crippen LogP contribution in [0, 0.1) is 0 Å². The summed E-state index contributed by atoms with van der Waals surface area (Å²) in [7, 11) is 1.61. The summed E-state index contributed by atoms with van der Waals surface area (Å²) in [4.78, 5) is 14.8. The summed E-state index contributed by atoms with van der Waals surface area (Å²) in [6.07, 6.45) is 2.34. The molecule has 0 radical (unpaired) electrons. The Morgan fingerprint density at radius 2 is 2.12 bits per heavy atom. The predicted octanol–water partition coefficient (Wildman–Crippen LogP) is 2.15. The summed E-state index contributed by atoms with van der Waals surface area (Å²) in [6, 6.07) is 9.25. The molecule has 0 saturated carbocycles. The first kappa shape index (κ1) is 11.1. The fourth-order valence-corrected chi connectivity index (χ4v) is 1.55. The van der Waals surface area contributed by atoms with Crippen LogP contribution in [0.5, 0.6) is 5.75 Å². The van der Waals surface area contributed by atoms with Crippen LogP contribution in [0.1, 0.15) is 10.4 Å². The van der Waals surface area contributed by atoms with E-state index in [-0.39, 0.29) is 5.82 Å². The molecule has 0 aliphatic carbocycles. The fourth-order valence-electron chi connectivity index (χ4n) is 1.55. The number of nitrogens with zero attached hydrogens (tertiary/aromatic N) is 1. The number of hydrogen-bond donors (Lipinski definition) is 1. The van der Waals surface area contributed by atoms with Gasteiger partial charge in [-0.1, -0.05) is 12.1 Å². The number of methoxy groups -OCH3 is 1. The zero-order chi connectivity index (χ0) is 12.3. The molecule has 4 nitrogen and oxygen atoms in total. The van der Waals surface area contributed by atoms with Gasteiger partial charge in [-0.3, -0.25) is 4.79 Å². The molecule has 1 aromatic heterocycles. The third-order valence-corrected chi connectivity index (χ3v) is 2.48. The number of anilines is 1. The zero-order valence-corrected chi connectivity index (χ0v) is 9.38. The maximum absolute atomic E-state index is 10.8. The molecule has 0 aliphatic heterocycles. The summed E-state index contributed by atoms with van der Waals surface area (Å²) >= 11 is 0. The van der Waals surface area contributed by atoms with Gasteiger partial charge in [-0.05, 0) is 23.8 Å². The molecule has 0 amide bonds. The lowest BCUT2D eigenvalue weighted by atomic mass is 10.1. The molecule has 0 fully saturated rings. The largest absolute Gasteiger partial charge is 0.497 e. The van der Waals surface area contributed by atoms with Gasteiger partial charge in [0.15, 0.2) is 6.29 Å². The Balaban J connectivity index is 2.48. The molecule has 0 aliphatic rings. The SMILES string of the molecule is COc1cccc(-c2cnc(N)c(C=O)c2)c1. The summed E-state index contributed by atoms with van der Waals surface area (Å²) < 4.78 is 5.14. The monoisotopic (exact) mass is 228 g/mol. The van der Waals surface area contributed by atoms with E-state index in [1.54, 1.807) is 19.4 Å². The van der Waals surface area contributed by atoms with Crippen molar-refractivity contribution in [3.63, 3.8) is 0 Å². The van der Waals surface area contributed by atoms with Crippen molar-refractivity contribution in [2.24, 2.45) is 0 Å². The lowest BCUT2D eigenvalue weighted by Crippen LogP contribution is -1.97. The van der Waals surface area contributed by atoms with Crippen LogP contribution >= 0.6 is 0 Å². The highest BCUT2D eigenvalue weighted by Crippen LogP contribution is 2.24. The van der Waals surface area contributed by atoms with Crippen molar-refractivity contribution in [2.75, 3.05) is 12.8 Å². The summed E-state index contributed by atoms with van der Waals surface area (Å²) in [5.41, 5.74) is 7.72. The Labute approximate surface area is 99.1 Å². The molecular weight excluding hydrogens is 216 g/mol. The lowest BCUT2D eigenvalue weighted by Gasteiger charge is -2.06. The van der Waals surface area contributed by atoms with Crippen molar-refractivity contribution < 1.29 is 9.53 Å². The number of carbonyl (C=O) groups is 1. The number of hydrogen-bond acceptors (Lipinski definition) is 4. The summed E-state index contributed by atoms with van der Waals surface area (Å²) in [5.74, 6) is 0.999. The van der Waals surface area contributed by atoms with E-state index in [1.807, 2.05) is 24.3 Å². The number of benzene rings is 1. The number of ether oxygens (including phenoxy) is 1. The van der Waals surface area contributed by atoms with E-state index >= 15 is 0 Å². The molecular formula is C13H12N2O2. The van der Waals surface area contributed by atoms with Gasteiger partial charge >= 0.3 is 0 Å². The highest BCUT2D eigenvalue weighted by molar-refractivity contribution is 5.84. The van der Waals surface area contributed by atoms with Gasteiger partial charge in [-0.25, -0.2) is 4.98 Å². The number of carbonyl (C=O) groups excluding carboxylic acids is 1. The van der Waals surface area contributed by atoms with Gasteiger partial charge in [0, 0.05) is 11.8 Å². The Kier molecular flexibility index (Phi) is 3.05. The van der Waals surface area contributed by atoms with E-state index in [2.05, 4.69) is 4.98 Å². The topological polar surface area (TPSA) is 65.2 Å². The van der Waals surface area contributed by atoms with Crippen LogP contribution in [0.3, 0.4) is 0 Å². The maximum Gasteiger partial charge on any atom is 0.153 e. The average Bonchev–Trinajstić information content (AvgIpc) is 2.39. The van der Waals surface area contributed by atoms with Crippen molar-refractivity contribution in [3.8, 4) is 16.9 Å². The van der Waals surface area contributed by atoms with E-state index in [0.717, 1.165) is 16.9 Å². The minimum atomic E-state index is 0.242. The standard InChI is InChI=1S/C13H12N2O2/c1-17-12-4-2-3-9(6-12)10-5-11(8-16)13(14)15-7-10/h2-8H,1H3,(H2,14,15). The van der Waals surface area contributed by atoms with Crippen molar-refractivity contribution in [1.82, 2.24) is 4.98 Å². The second-order valence-corrected chi connectivity index (χ2v) is 3.55. The zero-order valence-electron chi connectivity index (χ0n) is 9.38. The van der Waals surface area contributed by atoms with Crippen LogP contribution < -0.4 is 10.5 Å². The maximum atomic E-state index is 10.8. The molecule has 0 spiro atoms. The second kappa shape index (κ2) is 4.65. The number of pyridine rings is 1. The molecule has 86 valence electrons. The van der Waals surface area contributed by atoms with Gasteiger partial charge in [0.25, 0.3) is 0 Å². The second-order valence-electron chi connectivity index (χ2n) is 3.55. The highest BCUT2D eigenvalue weighted by atomic mass is 16.5. The van der Waals surface area contributed by atoms with Crippen molar-refractivity contribution in [2.45, 2.75) is 0 Å². The molecule has 0 saturated heterocycles.